The summed E-state index contributed by atoms with van der Waals surface area (Å²) in [4.78, 5) is 12.6. The van der Waals surface area contributed by atoms with Gasteiger partial charge in [-0.3, -0.25) is 4.79 Å². The summed E-state index contributed by atoms with van der Waals surface area (Å²) in [5.41, 5.74) is 1.82. The van der Waals surface area contributed by atoms with Crippen LogP contribution in [0.3, 0.4) is 0 Å². The fourth-order valence-corrected chi connectivity index (χ4v) is 3.38. The molecule has 0 bridgehead atoms. The molecule has 1 amide bonds. The Bertz CT molecular complexity index is 731. The summed E-state index contributed by atoms with van der Waals surface area (Å²) in [7, 11) is 0. The first-order valence-corrected chi connectivity index (χ1v) is 8.80. The molecule has 0 spiro atoms. The Morgan fingerprint density at radius 2 is 1.76 bits per heavy atom. The van der Waals surface area contributed by atoms with E-state index < -0.39 is 23.7 Å². The van der Waals surface area contributed by atoms with Gasteiger partial charge in [-0.2, -0.15) is 0 Å². The quantitative estimate of drug-likeness (QED) is 0.780. The van der Waals surface area contributed by atoms with Crippen LogP contribution in [-0.4, -0.2) is 33.9 Å². The monoisotopic (exact) mass is 339 g/mol. The first kappa shape index (κ1) is 17.6. The molecule has 3 rings (SSSR count). The molecular weight excluding hydrogens is 314 g/mol. The first-order valence-electron chi connectivity index (χ1n) is 8.80. The topological polar surface area (TPSA) is 69.6 Å². The zero-order valence-corrected chi connectivity index (χ0v) is 14.5. The number of aliphatic hydroxyl groups is 2. The maximum atomic E-state index is 12.6. The van der Waals surface area contributed by atoms with Gasteiger partial charge in [0.25, 0.3) is 5.91 Å². The third-order valence-corrected chi connectivity index (χ3v) is 5.06. The number of carbonyl (C=O) groups excluding carboxylic acids is 1. The number of carbonyl (C=O) groups is 1. The van der Waals surface area contributed by atoms with E-state index in [0.717, 1.165) is 11.1 Å². The Balaban J connectivity index is 1.61. The van der Waals surface area contributed by atoms with Crippen molar-refractivity contribution in [3.05, 3.63) is 71.3 Å². The number of aliphatic hydroxyl groups excluding tert-OH is 1. The molecule has 3 atom stereocenters. The zero-order valence-electron chi connectivity index (χ0n) is 14.5. The number of fused-ring (bicyclic) bond motifs is 1. The highest BCUT2D eigenvalue weighted by molar-refractivity contribution is 5.86. The van der Waals surface area contributed by atoms with E-state index in [-0.39, 0.29) is 0 Å². The molecule has 25 heavy (non-hydrogen) atoms. The molecule has 0 unspecified atom stereocenters. The van der Waals surface area contributed by atoms with Crippen molar-refractivity contribution in [2.75, 3.05) is 0 Å². The van der Waals surface area contributed by atoms with Gasteiger partial charge in [-0.05, 0) is 36.5 Å². The second-order valence-corrected chi connectivity index (χ2v) is 7.00. The molecule has 0 fully saturated rings. The highest BCUT2D eigenvalue weighted by atomic mass is 16.3. The van der Waals surface area contributed by atoms with Gasteiger partial charge in [0, 0.05) is 12.8 Å². The van der Waals surface area contributed by atoms with Crippen LogP contribution in [0.5, 0.6) is 0 Å². The van der Waals surface area contributed by atoms with Gasteiger partial charge in [-0.15, -0.1) is 0 Å². The van der Waals surface area contributed by atoms with Gasteiger partial charge in [-0.25, -0.2) is 0 Å². The lowest BCUT2D eigenvalue weighted by molar-refractivity contribution is -0.142. The maximum Gasteiger partial charge on any atom is 0.252 e. The van der Waals surface area contributed by atoms with Gasteiger partial charge in [-0.1, -0.05) is 54.6 Å². The number of benzene rings is 2. The van der Waals surface area contributed by atoms with Crippen molar-refractivity contribution in [3.63, 3.8) is 0 Å². The largest absolute Gasteiger partial charge is 0.391 e. The molecule has 2 aromatic carbocycles. The van der Waals surface area contributed by atoms with Crippen molar-refractivity contribution < 1.29 is 15.0 Å². The minimum absolute atomic E-state index is 0.316. The fraction of sp³-hybridized carbons (Fsp3) is 0.381. The van der Waals surface area contributed by atoms with Crippen LogP contribution in [0.2, 0.25) is 0 Å². The number of nitrogens with one attached hydrogen (secondary N) is 1. The van der Waals surface area contributed by atoms with E-state index >= 15 is 0 Å². The van der Waals surface area contributed by atoms with Crippen LogP contribution < -0.4 is 5.32 Å². The Kier molecular flexibility index (Phi) is 5.21. The minimum Gasteiger partial charge on any atom is -0.391 e. The summed E-state index contributed by atoms with van der Waals surface area (Å²) in [6.45, 7) is 1.77. The van der Waals surface area contributed by atoms with Crippen LogP contribution in [0.4, 0.5) is 0 Å². The number of hydrogen-bond donors (Lipinski definition) is 3. The highest BCUT2D eigenvalue weighted by Crippen LogP contribution is 2.29. The van der Waals surface area contributed by atoms with Gasteiger partial charge >= 0.3 is 0 Å². The molecule has 1 aliphatic carbocycles. The third-order valence-electron chi connectivity index (χ3n) is 5.06. The van der Waals surface area contributed by atoms with Gasteiger partial charge in [0.1, 0.15) is 5.60 Å². The molecule has 0 saturated carbocycles. The molecule has 0 saturated heterocycles. The zero-order chi connectivity index (χ0) is 17.9. The fourth-order valence-electron chi connectivity index (χ4n) is 3.38. The lowest BCUT2D eigenvalue weighted by atomic mass is 9.80. The minimum atomic E-state index is -1.41. The first-order chi connectivity index (χ1) is 12.0. The molecule has 0 aromatic heterocycles. The van der Waals surface area contributed by atoms with Gasteiger partial charge < -0.3 is 15.5 Å². The summed E-state index contributed by atoms with van der Waals surface area (Å²) in [6.07, 6.45) is 1.16. The lowest BCUT2D eigenvalue weighted by Crippen LogP contribution is -2.55. The molecule has 3 N–H and O–H groups in total. The van der Waals surface area contributed by atoms with E-state index in [1.165, 1.54) is 5.56 Å². The number of aryl methyl sites for hydroxylation is 1. The second kappa shape index (κ2) is 7.38. The van der Waals surface area contributed by atoms with Crippen LogP contribution in [0, 0.1) is 0 Å². The summed E-state index contributed by atoms with van der Waals surface area (Å²) in [5.74, 6) is -0.401. The Morgan fingerprint density at radius 3 is 2.48 bits per heavy atom. The Morgan fingerprint density at radius 1 is 1.12 bits per heavy atom. The number of amides is 1. The Hall–Kier alpha value is -2.17. The van der Waals surface area contributed by atoms with Crippen molar-refractivity contribution in [3.8, 4) is 0 Å². The standard InChI is InChI=1S/C21H25NO3/c1-15(19(23)13-16-7-3-2-4-8-16)22-20(24)21(25)12-11-17-9-5-6-10-18(17)14-21/h2-10,15,19,23,25H,11-14H2,1H3,(H,22,24)/t15-,19+,21-/m0/s1. The molecule has 0 radical (unpaired) electrons. The number of rotatable bonds is 5. The van der Waals surface area contributed by atoms with Crippen LogP contribution in [0.1, 0.15) is 30.0 Å². The second-order valence-electron chi connectivity index (χ2n) is 7.00. The highest BCUT2D eigenvalue weighted by Gasteiger charge is 2.40. The Labute approximate surface area is 148 Å². The maximum absolute atomic E-state index is 12.6. The summed E-state index contributed by atoms with van der Waals surface area (Å²) < 4.78 is 0. The lowest BCUT2D eigenvalue weighted by Gasteiger charge is -2.34. The van der Waals surface area contributed by atoms with Crippen molar-refractivity contribution in [1.29, 1.82) is 0 Å². The third kappa shape index (κ3) is 4.09. The van der Waals surface area contributed by atoms with Crippen molar-refractivity contribution in [2.24, 2.45) is 0 Å². The van der Waals surface area contributed by atoms with Crippen molar-refractivity contribution in [1.82, 2.24) is 5.32 Å². The summed E-state index contributed by atoms with van der Waals surface area (Å²) in [6, 6.07) is 17.1. The van der Waals surface area contributed by atoms with Crippen LogP contribution in [-0.2, 0) is 24.1 Å². The van der Waals surface area contributed by atoms with E-state index in [0.29, 0.717) is 25.7 Å². The molecule has 1 aliphatic rings. The molecular formula is C21H25NO3. The van der Waals surface area contributed by atoms with Gasteiger partial charge in [0.2, 0.25) is 0 Å². The average Bonchev–Trinajstić information content (AvgIpc) is 2.62. The van der Waals surface area contributed by atoms with Crippen molar-refractivity contribution in [2.45, 2.75) is 50.4 Å². The number of hydrogen-bond acceptors (Lipinski definition) is 3. The molecule has 4 heteroatoms. The van der Waals surface area contributed by atoms with E-state index in [1.807, 2.05) is 54.6 Å². The average molecular weight is 339 g/mol. The van der Waals surface area contributed by atoms with Crippen LogP contribution in [0.15, 0.2) is 54.6 Å². The van der Waals surface area contributed by atoms with Crippen molar-refractivity contribution >= 4 is 5.91 Å². The SMILES string of the molecule is C[C@H](NC(=O)[C@]1(O)CCc2ccccc2C1)[C@H](O)Cc1ccccc1. The van der Waals surface area contributed by atoms with Gasteiger partial charge in [0.15, 0.2) is 0 Å². The normalized spacial score (nSPS) is 21.9. The van der Waals surface area contributed by atoms with E-state index in [1.54, 1.807) is 6.92 Å². The van der Waals surface area contributed by atoms with Gasteiger partial charge in [0.05, 0.1) is 12.1 Å². The van der Waals surface area contributed by atoms with E-state index in [4.69, 9.17) is 0 Å². The molecule has 0 aliphatic heterocycles. The molecule has 4 nitrogen and oxygen atoms in total. The van der Waals surface area contributed by atoms with Crippen LogP contribution in [0.25, 0.3) is 0 Å². The summed E-state index contributed by atoms with van der Waals surface area (Å²) in [5, 5.41) is 24.0. The molecule has 2 aromatic rings. The molecule has 0 heterocycles. The van der Waals surface area contributed by atoms with Crippen LogP contribution >= 0.6 is 0 Å². The van der Waals surface area contributed by atoms with E-state index in [2.05, 4.69) is 5.32 Å². The summed E-state index contributed by atoms with van der Waals surface area (Å²) >= 11 is 0. The predicted molar refractivity (Wildman–Crippen MR) is 97.2 cm³/mol. The predicted octanol–water partition coefficient (Wildman–Crippen LogP) is 2.01. The van der Waals surface area contributed by atoms with E-state index in [9.17, 15) is 15.0 Å². The molecule has 132 valence electrons. The smallest absolute Gasteiger partial charge is 0.252 e.